The van der Waals surface area contributed by atoms with E-state index in [2.05, 4.69) is 5.32 Å². The Morgan fingerprint density at radius 1 is 0.822 bits per heavy atom. The third-order valence-corrected chi connectivity index (χ3v) is 10.1. The number of anilines is 1. The fourth-order valence-electron chi connectivity index (χ4n) is 4.72. The molecule has 0 heterocycles. The first-order valence-corrected chi connectivity index (χ1v) is 17.0. The average Bonchev–Trinajstić information content (AvgIpc) is 3.04. The Labute approximate surface area is 279 Å². The van der Waals surface area contributed by atoms with Crippen LogP contribution in [0.15, 0.2) is 108 Å². The second-order valence-electron chi connectivity index (χ2n) is 10.6. The minimum atomic E-state index is -4.31. The van der Waals surface area contributed by atoms with Crippen molar-refractivity contribution in [2.24, 2.45) is 0 Å². The molecule has 1 N–H and O–H groups in total. The molecule has 0 saturated carbocycles. The lowest BCUT2D eigenvalue weighted by Crippen LogP contribution is -2.54. The number of amides is 2. The topological polar surface area (TPSA) is 86.8 Å². The number of carbonyl (C=O) groups is 2. The SMILES string of the molecule is CCC(C)NC(=O)C(Cc1ccccc1)N(Cc1ccccc1Cl)C(=O)CN(c1cc(Cl)ccc1Cl)S(=O)(=O)c1ccccc1. The molecule has 0 radical (unpaired) electrons. The second-order valence-corrected chi connectivity index (χ2v) is 13.7. The molecule has 4 aromatic carbocycles. The summed E-state index contributed by atoms with van der Waals surface area (Å²) in [5.41, 5.74) is 1.45. The van der Waals surface area contributed by atoms with Crippen molar-refractivity contribution in [3.8, 4) is 0 Å². The van der Waals surface area contributed by atoms with Gasteiger partial charge in [0.2, 0.25) is 11.8 Å². The van der Waals surface area contributed by atoms with Gasteiger partial charge in [-0.15, -0.1) is 0 Å². The third-order valence-electron chi connectivity index (χ3n) is 7.36. The Hall–Kier alpha value is -3.56. The Morgan fingerprint density at radius 3 is 2.09 bits per heavy atom. The highest BCUT2D eigenvalue weighted by molar-refractivity contribution is 7.92. The van der Waals surface area contributed by atoms with Gasteiger partial charge in [0.15, 0.2) is 0 Å². The summed E-state index contributed by atoms with van der Waals surface area (Å²) in [6.45, 7) is 3.12. The van der Waals surface area contributed by atoms with E-state index < -0.39 is 28.5 Å². The Kier molecular flexibility index (Phi) is 11.9. The molecule has 0 aromatic heterocycles. The van der Waals surface area contributed by atoms with Crippen LogP contribution in [0, 0.1) is 0 Å². The minimum absolute atomic E-state index is 0.0303. The summed E-state index contributed by atoms with van der Waals surface area (Å²) in [7, 11) is -4.31. The molecular weight excluding hydrogens is 653 g/mol. The van der Waals surface area contributed by atoms with Crippen molar-refractivity contribution >= 4 is 62.3 Å². The molecule has 2 atom stereocenters. The zero-order valence-corrected chi connectivity index (χ0v) is 28.0. The van der Waals surface area contributed by atoms with Crippen LogP contribution < -0.4 is 9.62 Å². The van der Waals surface area contributed by atoms with Gasteiger partial charge in [0.25, 0.3) is 10.0 Å². The van der Waals surface area contributed by atoms with Crippen molar-refractivity contribution in [1.29, 1.82) is 0 Å². The number of nitrogens with zero attached hydrogens (tertiary/aromatic N) is 2. The maximum atomic E-state index is 14.5. The maximum Gasteiger partial charge on any atom is 0.264 e. The van der Waals surface area contributed by atoms with Gasteiger partial charge in [-0.05, 0) is 60.9 Å². The lowest BCUT2D eigenvalue weighted by Gasteiger charge is -2.34. The van der Waals surface area contributed by atoms with Crippen LogP contribution in [0.25, 0.3) is 0 Å². The summed E-state index contributed by atoms with van der Waals surface area (Å²) in [4.78, 5) is 29.8. The average molecular weight is 687 g/mol. The molecule has 0 spiro atoms. The number of halogens is 3. The molecule has 2 amide bonds. The molecule has 0 fully saturated rings. The van der Waals surface area contributed by atoms with E-state index in [1.807, 2.05) is 44.2 Å². The Balaban J connectivity index is 1.84. The predicted octanol–water partition coefficient (Wildman–Crippen LogP) is 7.40. The van der Waals surface area contributed by atoms with E-state index >= 15 is 0 Å². The van der Waals surface area contributed by atoms with Gasteiger partial charge in [0.1, 0.15) is 12.6 Å². The van der Waals surface area contributed by atoms with Crippen LogP contribution in [0.2, 0.25) is 15.1 Å². The predicted molar refractivity (Wildman–Crippen MR) is 181 cm³/mol. The van der Waals surface area contributed by atoms with E-state index in [0.717, 1.165) is 9.87 Å². The molecule has 4 aromatic rings. The Bertz CT molecular complexity index is 1720. The number of nitrogens with one attached hydrogen (secondary N) is 1. The normalized spacial score (nSPS) is 12.6. The lowest BCUT2D eigenvalue weighted by molar-refractivity contribution is -0.140. The molecule has 0 aliphatic carbocycles. The molecule has 2 unspecified atom stereocenters. The summed E-state index contributed by atoms with van der Waals surface area (Å²) in [5.74, 6) is -1.00. The van der Waals surface area contributed by atoms with E-state index in [1.54, 1.807) is 42.5 Å². The van der Waals surface area contributed by atoms with Crippen molar-refractivity contribution in [1.82, 2.24) is 10.2 Å². The summed E-state index contributed by atoms with van der Waals surface area (Å²) in [6.07, 6.45) is 0.862. The number of rotatable bonds is 13. The molecule has 0 bridgehead atoms. The van der Waals surface area contributed by atoms with Crippen LogP contribution in [0.5, 0.6) is 0 Å². The van der Waals surface area contributed by atoms with Crippen molar-refractivity contribution in [3.63, 3.8) is 0 Å². The van der Waals surface area contributed by atoms with E-state index in [1.165, 1.54) is 35.2 Å². The number of carbonyl (C=O) groups excluding carboxylic acids is 2. The molecule has 4 rings (SSSR count). The van der Waals surface area contributed by atoms with Crippen LogP contribution in [0.1, 0.15) is 31.4 Å². The lowest BCUT2D eigenvalue weighted by atomic mass is 10.0. The molecule has 11 heteroatoms. The monoisotopic (exact) mass is 685 g/mol. The summed E-state index contributed by atoms with van der Waals surface area (Å²) in [6, 6.07) is 27.3. The quantitative estimate of drug-likeness (QED) is 0.159. The van der Waals surface area contributed by atoms with Crippen molar-refractivity contribution < 1.29 is 18.0 Å². The number of sulfonamides is 1. The summed E-state index contributed by atoms with van der Waals surface area (Å²) < 4.78 is 29.1. The van der Waals surface area contributed by atoms with E-state index in [0.29, 0.717) is 17.0 Å². The van der Waals surface area contributed by atoms with Gasteiger partial charge in [0.05, 0.1) is 15.6 Å². The number of hydrogen-bond donors (Lipinski definition) is 1. The van der Waals surface area contributed by atoms with Gasteiger partial charge >= 0.3 is 0 Å². The zero-order valence-electron chi connectivity index (χ0n) is 24.9. The van der Waals surface area contributed by atoms with Crippen molar-refractivity contribution in [2.75, 3.05) is 10.8 Å². The van der Waals surface area contributed by atoms with Gasteiger partial charge < -0.3 is 10.2 Å². The highest BCUT2D eigenvalue weighted by atomic mass is 35.5. The fourth-order valence-corrected chi connectivity index (χ4v) is 6.79. The molecular formula is C34H34Cl3N3O4S. The van der Waals surface area contributed by atoms with E-state index in [-0.39, 0.29) is 45.5 Å². The standard InChI is InChI=1S/C34H34Cl3N3O4S/c1-3-24(2)38-34(42)32(20-25-12-6-4-7-13-25)39(22-26-14-10-11-17-29(26)36)33(41)23-40(31-21-27(35)18-19-30(31)37)45(43,44)28-15-8-5-9-16-28/h4-19,21,24,32H,3,20,22-23H2,1-2H3,(H,38,42). The van der Waals surface area contributed by atoms with Gasteiger partial charge in [0, 0.05) is 29.1 Å². The van der Waals surface area contributed by atoms with Gasteiger partial charge in [-0.2, -0.15) is 0 Å². The smallest absolute Gasteiger partial charge is 0.264 e. The third kappa shape index (κ3) is 8.79. The molecule has 0 saturated heterocycles. The van der Waals surface area contributed by atoms with Crippen LogP contribution in [-0.2, 0) is 32.6 Å². The largest absolute Gasteiger partial charge is 0.352 e. The molecule has 45 heavy (non-hydrogen) atoms. The van der Waals surface area contributed by atoms with Gasteiger partial charge in [-0.3, -0.25) is 13.9 Å². The summed E-state index contributed by atoms with van der Waals surface area (Å²) in [5, 5.41) is 3.73. The van der Waals surface area contributed by atoms with Crippen molar-refractivity contribution in [2.45, 2.75) is 50.2 Å². The van der Waals surface area contributed by atoms with Gasteiger partial charge in [-0.25, -0.2) is 8.42 Å². The van der Waals surface area contributed by atoms with E-state index in [4.69, 9.17) is 34.8 Å². The van der Waals surface area contributed by atoms with E-state index in [9.17, 15) is 18.0 Å². The number of benzene rings is 4. The molecule has 236 valence electrons. The highest BCUT2D eigenvalue weighted by Crippen LogP contribution is 2.33. The maximum absolute atomic E-state index is 14.5. The van der Waals surface area contributed by atoms with Crippen LogP contribution in [-0.4, -0.2) is 43.8 Å². The van der Waals surface area contributed by atoms with Gasteiger partial charge in [-0.1, -0.05) is 108 Å². The zero-order chi connectivity index (χ0) is 32.6. The van der Waals surface area contributed by atoms with Crippen LogP contribution in [0.3, 0.4) is 0 Å². The molecule has 0 aliphatic heterocycles. The first kappa shape index (κ1) is 34.3. The first-order valence-electron chi connectivity index (χ1n) is 14.4. The van der Waals surface area contributed by atoms with Crippen molar-refractivity contribution in [3.05, 3.63) is 129 Å². The second kappa shape index (κ2) is 15.6. The summed E-state index contributed by atoms with van der Waals surface area (Å²) >= 11 is 19.3. The molecule has 7 nitrogen and oxygen atoms in total. The first-order chi connectivity index (χ1) is 21.5. The highest BCUT2D eigenvalue weighted by Gasteiger charge is 2.35. The number of hydrogen-bond acceptors (Lipinski definition) is 4. The van der Waals surface area contributed by atoms with Crippen LogP contribution >= 0.6 is 34.8 Å². The van der Waals surface area contributed by atoms with Crippen LogP contribution in [0.4, 0.5) is 5.69 Å². The fraction of sp³-hybridized carbons (Fsp3) is 0.235. The molecule has 0 aliphatic rings. The minimum Gasteiger partial charge on any atom is -0.352 e. The Morgan fingerprint density at radius 2 is 1.44 bits per heavy atom.